The van der Waals surface area contributed by atoms with Crippen molar-refractivity contribution in [1.82, 2.24) is 10.0 Å². The number of amides is 2. The molecule has 7 heteroatoms. The zero-order valence-corrected chi connectivity index (χ0v) is 14.6. The summed E-state index contributed by atoms with van der Waals surface area (Å²) in [4.78, 5) is 45.7. The number of nitrogens with zero attached hydrogens (tertiary/aromatic N) is 2. The molecule has 0 unspecified atom stereocenters. The molecule has 0 aliphatic carbocycles. The van der Waals surface area contributed by atoms with Crippen molar-refractivity contribution in [2.45, 2.75) is 6.61 Å². The van der Waals surface area contributed by atoms with E-state index in [-0.39, 0.29) is 16.8 Å². The van der Waals surface area contributed by atoms with Gasteiger partial charge in [-0.3, -0.25) is 9.59 Å². The number of hydrogen-bond donors (Lipinski definition) is 0. The van der Waals surface area contributed by atoms with E-state index in [1.54, 1.807) is 18.2 Å². The average molecular weight is 374 g/mol. The van der Waals surface area contributed by atoms with Gasteiger partial charge in [-0.1, -0.05) is 47.5 Å². The van der Waals surface area contributed by atoms with Crippen LogP contribution < -0.4 is 4.74 Å². The minimum absolute atomic E-state index is 0.0522. The summed E-state index contributed by atoms with van der Waals surface area (Å²) in [5.74, 6) is -1.81. The average Bonchev–Trinajstić information content (AvgIpc) is 2.98. The van der Waals surface area contributed by atoms with Crippen LogP contribution in [0.3, 0.4) is 0 Å². The maximum atomic E-state index is 12.3. The standard InChI is InChI=1S/C21H14N2O5/c24-19-16-8-4-5-9-17(16)20(25)23(19)28-21(26)18-11-10-15(12-22-18)27-13-14-6-2-1-3-7-14/h1-12H,13H2. The fraction of sp³-hybridized carbons (Fsp3) is 0.0476. The lowest BCUT2D eigenvalue weighted by Crippen LogP contribution is -2.32. The molecule has 28 heavy (non-hydrogen) atoms. The first-order chi connectivity index (χ1) is 13.6. The Balaban J connectivity index is 1.40. The molecular weight excluding hydrogens is 360 g/mol. The molecule has 3 aromatic rings. The third kappa shape index (κ3) is 3.33. The van der Waals surface area contributed by atoms with Gasteiger partial charge in [-0.15, -0.1) is 0 Å². The Kier molecular flexibility index (Phi) is 4.55. The highest BCUT2D eigenvalue weighted by Crippen LogP contribution is 2.23. The first-order valence-electron chi connectivity index (χ1n) is 8.46. The Morgan fingerprint density at radius 1 is 0.857 bits per heavy atom. The molecule has 0 saturated heterocycles. The lowest BCUT2D eigenvalue weighted by atomic mass is 10.1. The summed E-state index contributed by atoms with van der Waals surface area (Å²) < 4.78 is 5.60. The Hall–Kier alpha value is -4.00. The molecule has 1 aromatic heterocycles. The van der Waals surface area contributed by atoms with Crippen LogP contribution in [0.25, 0.3) is 0 Å². The molecule has 0 saturated carbocycles. The monoisotopic (exact) mass is 374 g/mol. The number of hydroxylamine groups is 2. The molecule has 7 nitrogen and oxygen atoms in total. The van der Waals surface area contributed by atoms with Crippen molar-refractivity contribution in [1.29, 1.82) is 0 Å². The minimum atomic E-state index is -0.913. The van der Waals surface area contributed by atoms with E-state index >= 15 is 0 Å². The summed E-state index contributed by atoms with van der Waals surface area (Å²) in [6.45, 7) is 0.362. The predicted octanol–water partition coefficient (Wildman–Crippen LogP) is 3.03. The summed E-state index contributed by atoms with van der Waals surface area (Å²) in [7, 11) is 0. The van der Waals surface area contributed by atoms with Gasteiger partial charge in [-0.2, -0.15) is 0 Å². The predicted molar refractivity (Wildman–Crippen MR) is 97.4 cm³/mol. The molecule has 0 fully saturated rings. The fourth-order valence-corrected chi connectivity index (χ4v) is 2.71. The molecule has 1 aliphatic rings. The highest BCUT2D eigenvalue weighted by Gasteiger charge is 2.38. The van der Waals surface area contributed by atoms with E-state index in [0.717, 1.165) is 5.56 Å². The second-order valence-electron chi connectivity index (χ2n) is 5.98. The van der Waals surface area contributed by atoms with Gasteiger partial charge in [-0.25, -0.2) is 9.78 Å². The maximum absolute atomic E-state index is 12.3. The molecule has 4 rings (SSSR count). The van der Waals surface area contributed by atoms with E-state index in [2.05, 4.69) is 4.98 Å². The van der Waals surface area contributed by atoms with Crippen molar-refractivity contribution in [2.75, 3.05) is 0 Å². The van der Waals surface area contributed by atoms with Crippen molar-refractivity contribution < 1.29 is 24.0 Å². The molecule has 1 aliphatic heterocycles. The Morgan fingerprint density at radius 3 is 2.11 bits per heavy atom. The van der Waals surface area contributed by atoms with E-state index < -0.39 is 17.8 Å². The summed E-state index contributed by atoms with van der Waals surface area (Å²) in [5.41, 5.74) is 1.33. The van der Waals surface area contributed by atoms with E-state index in [4.69, 9.17) is 9.57 Å². The summed E-state index contributed by atoms with van der Waals surface area (Å²) >= 11 is 0. The Morgan fingerprint density at radius 2 is 1.50 bits per heavy atom. The first-order valence-corrected chi connectivity index (χ1v) is 8.46. The fourth-order valence-electron chi connectivity index (χ4n) is 2.71. The molecule has 138 valence electrons. The SMILES string of the molecule is O=C(ON1C(=O)c2ccccc2C1=O)c1ccc(OCc2ccccc2)cn1. The number of benzene rings is 2. The number of rotatable bonds is 5. The van der Waals surface area contributed by atoms with Crippen LogP contribution in [0.4, 0.5) is 0 Å². The van der Waals surface area contributed by atoms with Crippen LogP contribution in [0.2, 0.25) is 0 Å². The van der Waals surface area contributed by atoms with Gasteiger partial charge in [0.05, 0.1) is 17.3 Å². The molecule has 0 bridgehead atoms. The zero-order valence-electron chi connectivity index (χ0n) is 14.6. The highest BCUT2D eigenvalue weighted by atomic mass is 16.7. The number of carbonyl (C=O) groups is 3. The van der Waals surface area contributed by atoms with Crippen LogP contribution >= 0.6 is 0 Å². The Labute approximate surface area is 160 Å². The van der Waals surface area contributed by atoms with E-state index in [1.165, 1.54) is 24.4 Å². The van der Waals surface area contributed by atoms with Gasteiger partial charge in [0.1, 0.15) is 12.4 Å². The third-order valence-corrected chi connectivity index (χ3v) is 4.12. The lowest BCUT2D eigenvalue weighted by Gasteiger charge is -2.12. The van der Waals surface area contributed by atoms with Gasteiger partial charge in [0.25, 0.3) is 11.8 Å². The van der Waals surface area contributed by atoms with E-state index in [0.29, 0.717) is 17.4 Å². The van der Waals surface area contributed by atoms with Crippen LogP contribution in [0.15, 0.2) is 72.9 Å². The van der Waals surface area contributed by atoms with Gasteiger partial charge in [0.2, 0.25) is 0 Å². The molecule has 2 heterocycles. The number of ether oxygens (including phenoxy) is 1. The smallest absolute Gasteiger partial charge is 0.382 e. The number of imide groups is 1. The highest BCUT2D eigenvalue weighted by molar-refractivity contribution is 6.21. The number of aromatic nitrogens is 1. The topological polar surface area (TPSA) is 85.8 Å². The molecular formula is C21H14N2O5. The number of fused-ring (bicyclic) bond motifs is 1. The summed E-state index contributed by atoms with van der Waals surface area (Å²) in [6.07, 6.45) is 1.38. The molecule has 0 spiro atoms. The quantitative estimate of drug-likeness (QED) is 0.638. The van der Waals surface area contributed by atoms with Crippen LogP contribution in [0, 0.1) is 0 Å². The molecule has 0 N–H and O–H groups in total. The minimum Gasteiger partial charge on any atom is -0.487 e. The summed E-state index contributed by atoms with van der Waals surface area (Å²) in [5, 5.41) is 0.453. The van der Waals surface area contributed by atoms with Gasteiger partial charge < -0.3 is 9.57 Å². The van der Waals surface area contributed by atoms with Crippen molar-refractivity contribution in [3.8, 4) is 5.75 Å². The van der Waals surface area contributed by atoms with Crippen molar-refractivity contribution >= 4 is 17.8 Å². The largest absolute Gasteiger partial charge is 0.487 e. The maximum Gasteiger partial charge on any atom is 0.382 e. The van der Waals surface area contributed by atoms with Crippen LogP contribution in [0.1, 0.15) is 36.8 Å². The van der Waals surface area contributed by atoms with Crippen LogP contribution in [-0.4, -0.2) is 27.8 Å². The zero-order chi connectivity index (χ0) is 19.5. The van der Waals surface area contributed by atoms with Crippen molar-refractivity contribution in [3.63, 3.8) is 0 Å². The first kappa shape index (κ1) is 17.4. The second kappa shape index (κ2) is 7.32. The van der Waals surface area contributed by atoms with E-state index in [1.807, 2.05) is 30.3 Å². The van der Waals surface area contributed by atoms with Crippen LogP contribution in [-0.2, 0) is 11.4 Å². The lowest BCUT2D eigenvalue weighted by molar-refractivity contribution is -0.0588. The summed E-state index contributed by atoms with van der Waals surface area (Å²) in [6, 6.07) is 18.8. The number of hydrogen-bond acceptors (Lipinski definition) is 6. The normalized spacial score (nSPS) is 12.6. The molecule has 0 radical (unpaired) electrons. The Bertz CT molecular complexity index is 1010. The number of pyridine rings is 1. The van der Waals surface area contributed by atoms with Crippen molar-refractivity contribution in [3.05, 3.63) is 95.3 Å². The third-order valence-electron chi connectivity index (χ3n) is 4.12. The molecule has 2 amide bonds. The van der Waals surface area contributed by atoms with Crippen LogP contribution in [0.5, 0.6) is 5.75 Å². The number of carbonyl (C=O) groups excluding carboxylic acids is 3. The van der Waals surface area contributed by atoms with Gasteiger partial charge in [-0.05, 0) is 29.8 Å². The molecule has 0 atom stereocenters. The molecule has 2 aromatic carbocycles. The van der Waals surface area contributed by atoms with Gasteiger partial charge >= 0.3 is 5.97 Å². The second-order valence-corrected chi connectivity index (χ2v) is 5.98. The van der Waals surface area contributed by atoms with Crippen molar-refractivity contribution in [2.24, 2.45) is 0 Å². The van der Waals surface area contributed by atoms with Gasteiger partial charge in [0, 0.05) is 0 Å². The van der Waals surface area contributed by atoms with Gasteiger partial charge in [0.15, 0.2) is 5.69 Å². The van der Waals surface area contributed by atoms with E-state index in [9.17, 15) is 14.4 Å².